The van der Waals surface area contributed by atoms with Gasteiger partial charge in [0.15, 0.2) is 6.10 Å². The van der Waals surface area contributed by atoms with Gasteiger partial charge in [-0.15, -0.1) is 0 Å². The van der Waals surface area contributed by atoms with E-state index >= 15 is 0 Å². The van der Waals surface area contributed by atoms with E-state index in [9.17, 15) is 4.79 Å². The van der Waals surface area contributed by atoms with Gasteiger partial charge >= 0.3 is 0 Å². The predicted molar refractivity (Wildman–Crippen MR) is 91.4 cm³/mol. The van der Waals surface area contributed by atoms with E-state index in [4.69, 9.17) is 39.5 Å². The van der Waals surface area contributed by atoms with E-state index in [1.165, 1.54) is 12.1 Å². The minimum atomic E-state index is -0.741. The molecule has 0 aliphatic rings. The number of rotatable bonds is 4. The number of aryl methyl sites for hydroxylation is 1. The van der Waals surface area contributed by atoms with Crippen molar-refractivity contribution < 1.29 is 9.53 Å². The van der Waals surface area contributed by atoms with Crippen LogP contribution in [0.5, 0.6) is 5.75 Å². The second-order valence-electron chi connectivity index (χ2n) is 4.76. The van der Waals surface area contributed by atoms with Crippen molar-refractivity contribution in [3.05, 3.63) is 57.0 Å². The molecule has 2 aromatic carbocycles. The molecule has 0 spiro atoms. The molecular weight excluding hydrogens is 345 g/mol. The largest absolute Gasteiger partial charge is 0.479 e. The Labute approximate surface area is 144 Å². The maximum Gasteiger partial charge on any atom is 0.265 e. The molecule has 0 fully saturated rings. The monoisotopic (exact) mass is 357 g/mol. The van der Waals surface area contributed by atoms with Gasteiger partial charge in [0.25, 0.3) is 5.91 Å². The van der Waals surface area contributed by atoms with E-state index < -0.39 is 6.10 Å². The van der Waals surface area contributed by atoms with Gasteiger partial charge < -0.3 is 10.1 Å². The fourth-order valence-corrected chi connectivity index (χ4v) is 2.37. The average Bonchev–Trinajstić information content (AvgIpc) is 2.47. The molecule has 0 aromatic heterocycles. The van der Waals surface area contributed by atoms with Crippen LogP contribution in [0.2, 0.25) is 15.1 Å². The Hall–Kier alpha value is -1.42. The van der Waals surface area contributed by atoms with E-state index in [1.807, 2.05) is 31.2 Å². The van der Waals surface area contributed by atoms with Crippen LogP contribution in [-0.4, -0.2) is 12.0 Å². The third-order valence-corrected chi connectivity index (χ3v) is 4.07. The van der Waals surface area contributed by atoms with Gasteiger partial charge in [-0.25, -0.2) is 0 Å². The molecule has 1 amide bonds. The number of nitrogens with one attached hydrogen (secondary N) is 1. The van der Waals surface area contributed by atoms with Crippen molar-refractivity contribution in [1.29, 1.82) is 0 Å². The molecular formula is C16H14Cl3NO2. The summed E-state index contributed by atoms with van der Waals surface area (Å²) in [7, 11) is 0. The number of halogens is 3. The lowest BCUT2D eigenvalue weighted by Gasteiger charge is -2.17. The first-order chi connectivity index (χ1) is 10.4. The highest BCUT2D eigenvalue weighted by Crippen LogP contribution is 2.34. The van der Waals surface area contributed by atoms with Gasteiger partial charge in [0.05, 0.1) is 15.1 Å². The van der Waals surface area contributed by atoms with Crippen molar-refractivity contribution in [2.75, 3.05) is 5.32 Å². The zero-order chi connectivity index (χ0) is 16.3. The lowest BCUT2D eigenvalue weighted by molar-refractivity contribution is -0.122. The summed E-state index contributed by atoms with van der Waals surface area (Å²) in [6, 6.07) is 10.5. The molecule has 1 unspecified atom stereocenters. The van der Waals surface area contributed by atoms with Crippen LogP contribution >= 0.6 is 34.8 Å². The van der Waals surface area contributed by atoms with E-state index in [0.717, 1.165) is 11.3 Å². The summed E-state index contributed by atoms with van der Waals surface area (Å²) in [6.45, 7) is 3.55. The predicted octanol–water partition coefficient (Wildman–Crippen LogP) is 5.36. The Morgan fingerprint density at radius 3 is 2.41 bits per heavy atom. The van der Waals surface area contributed by atoms with Crippen molar-refractivity contribution >= 4 is 46.4 Å². The van der Waals surface area contributed by atoms with Crippen molar-refractivity contribution in [3.63, 3.8) is 0 Å². The second kappa shape index (κ2) is 7.23. The number of amides is 1. The normalized spacial score (nSPS) is 11.9. The molecule has 0 saturated heterocycles. The molecule has 0 saturated carbocycles. The maximum atomic E-state index is 12.2. The highest BCUT2D eigenvalue weighted by Gasteiger charge is 2.18. The molecule has 0 radical (unpaired) electrons. The summed E-state index contributed by atoms with van der Waals surface area (Å²) >= 11 is 17.8. The first-order valence-corrected chi connectivity index (χ1v) is 7.69. The Morgan fingerprint density at radius 2 is 1.73 bits per heavy atom. The number of benzene rings is 2. The van der Waals surface area contributed by atoms with Crippen molar-refractivity contribution in [3.8, 4) is 5.75 Å². The van der Waals surface area contributed by atoms with Gasteiger partial charge in [0.1, 0.15) is 5.75 Å². The van der Waals surface area contributed by atoms with Crippen LogP contribution in [0.1, 0.15) is 12.5 Å². The van der Waals surface area contributed by atoms with Crippen molar-refractivity contribution in [2.24, 2.45) is 0 Å². The average molecular weight is 359 g/mol. The molecule has 0 heterocycles. The fourth-order valence-electron chi connectivity index (χ4n) is 1.79. The molecule has 0 bridgehead atoms. The number of carbonyl (C=O) groups excluding carboxylic acids is 1. The number of para-hydroxylation sites is 1. The summed E-state index contributed by atoms with van der Waals surface area (Å²) in [5.41, 5.74) is 1.71. The number of hydrogen-bond donors (Lipinski definition) is 1. The summed E-state index contributed by atoms with van der Waals surface area (Å²) < 4.78 is 5.57. The van der Waals surface area contributed by atoms with Gasteiger partial charge in [0.2, 0.25) is 0 Å². The summed E-state index contributed by atoms with van der Waals surface area (Å²) in [5, 5.41) is 3.75. The standard InChI is InChI=1S/C16H14Cl3NO2/c1-9-5-3-4-6-14(9)20-16(21)10(2)22-15-8-12(18)11(17)7-13(15)19/h3-8,10H,1-2H3,(H,20,21). The first kappa shape index (κ1) is 16.9. The summed E-state index contributed by atoms with van der Waals surface area (Å²) in [4.78, 5) is 12.2. The Morgan fingerprint density at radius 1 is 1.09 bits per heavy atom. The SMILES string of the molecule is Cc1ccccc1NC(=O)C(C)Oc1cc(Cl)c(Cl)cc1Cl. The highest BCUT2D eigenvalue weighted by atomic mass is 35.5. The van der Waals surface area contributed by atoms with Crippen LogP contribution < -0.4 is 10.1 Å². The minimum absolute atomic E-state index is 0.281. The molecule has 2 rings (SSSR count). The lowest BCUT2D eigenvalue weighted by Crippen LogP contribution is -2.30. The van der Waals surface area contributed by atoms with Gasteiger partial charge in [-0.3, -0.25) is 4.79 Å². The van der Waals surface area contributed by atoms with Crippen molar-refractivity contribution in [2.45, 2.75) is 20.0 Å². The van der Waals surface area contributed by atoms with E-state index in [0.29, 0.717) is 20.8 Å². The third-order valence-electron chi connectivity index (χ3n) is 3.05. The lowest BCUT2D eigenvalue weighted by atomic mass is 10.2. The molecule has 1 N–H and O–H groups in total. The first-order valence-electron chi connectivity index (χ1n) is 6.56. The second-order valence-corrected chi connectivity index (χ2v) is 5.98. The quantitative estimate of drug-likeness (QED) is 0.747. The third kappa shape index (κ3) is 4.07. The van der Waals surface area contributed by atoms with Gasteiger partial charge in [-0.05, 0) is 31.5 Å². The molecule has 116 valence electrons. The van der Waals surface area contributed by atoms with E-state index in [2.05, 4.69) is 5.32 Å². The molecule has 0 aliphatic heterocycles. The zero-order valence-corrected chi connectivity index (χ0v) is 14.3. The van der Waals surface area contributed by atoms with Crippen LogP contribution in [0.15, 0.2) is 36.4 Å². The van der Waals surface area contributed by atoms with Crippen LogP contribution in [0.3, 0.4) is 0 Å². The number of anilines is 1. The number of ether oxygens (including phenoxy) is 1. The molecule has 1 atom stereocenters. The highest BCUT2D eigenvalue weighted by molar-refractivity contribution is 6.43. The number of hydrogen-bond acceptors (Lipinski definition) is 2. The molecule has 6 heteroatoms. The topological polar surface area (TPSA) is 38.3 Å². The Balaban J connectivity index is 2.09. The van der Waals surface area contributed by atoms with Gasteiger partial charge in [0, 0.05) is 11.8 Å². The summed E-state index contributed by atoms with van der Waals surface area (Å²) in [6.07, 6.45) is -0.741. The van der Waals surface area contributed by atoms with Crippen LogP contribution in [0, 0.1) is 6.92 Å². The molecule has 2 aromatic rings. The van der Waals surface area contributed by atoms with Crippen LogP contribution in [0.25, 0.3) is 0 Å². The van der Waals surface area contributed by atoms with Crippen molar-refractivity contribution in [1.82, 2.24) is 0 Å². The maximum absolute atomic E-state index is 12.2. The van der Waals surface area contributed by atoms with E-state index in [-0.39, 0.29) is 5.91 Å². The zero-order valence-electron chi connectivity index (χ0n) is 12.0. The Kier molecular flexibility index (Phi) is 5.57. The molecule has 0 aliphatic carbocycles. The summed E-state index contributed by atoms with van der Waals surface area (Å²) in [5.74, 6) is 0.0277. The van der Waals surface area contributed by atoms with Crippen LogP contribution in [0.4, 0.5) is 5.69 Å². The van der Waals surface area contributed by atoms with Gasteiger partial charge in [-0.2, -0.15) is 0 Å². The molecule has 3 nitrogen and oxygen atoms in total. The van der Waals surface area contributed by atoms with Crippen LogP contribution in [-0.2, 0) is 4.79 Å². The Bertz CT molecular complexity index is 704. The van der Waals surface area contributed by atoms with Gasteiger partial charge in [-0.1, -0.05) is 53.0 Å². The fraction of sp³-hybridized carbons (Fsp3) is 0.188. The smallest absolute Gasteiger partial charge is 0.265 e. The molecule has 22 heavy (non-hydrogen) atoms. The minimum Gasteiger partial charge on any atom is -0.479 e. The number of carbonyl (C=O) groups is 1. The van der Waals surface area contributed by atoms with E-state index in [1.54, 1.807) is 6.92 Å².